The van der Waals surface area contributed by atoms with Crippen LogP contribution >= 0.6 is 0 Å². The summed E-state index contributed by atoms with van der Waals surface area (Å²) in [6.07, 6.45) is 71.7. The molecule has 0 spiro atoms. The van der Waals surface area contributed by atoms with Gasteiger partial charge in [0.05, 0.1) is 0 Å². The van der Waals surface area contributed by atoms with E-state index in [4.69, 9.17) is 14.2 Å². The molecule has 0 rings (SSSR count). The summed E-state index contributed by atoms with van der Waals surface area (Å²) in [6.45, 7) is 6.24. The first-order valence-corrected chi connectivity index (χ1v) is 25.2. The summed E-state index contributed by atoms with van der Waals surface area (Å²) in [5, 5.41) is 0. The Kier molecular flexibility index (Phi) is 47.6. The summed E-state index contributed by atoms with van der Waals surface area (Å²) in [7, 11) is 0. The Morgan fingerprint density at radius 3 is 1.09 bits per heavy atom. The fourth-order valence-electron chi connectivity index (χ4n) is 6.17. The molecule has 0 aliphatic heterocycles. The predicted octanol–water partition coefficient (Wildman–Crippen LogP) is 16.7. The fourth-order valence-corrected chi connectivity index (χ4v) is 6.17. The number of esters is 3. The molecule has 0 amide bonds. The molecule has 1 unspecified atom stereocenters. The lowest BCUT2D eigenvalue weighted by molar-refractivity contribution is -0.166. The molecule has 0 aromatic rings. The Hall–Kier alpha value is -4.45. The van der Waals surface area contributed by atoms with Gasteiger partial charge < -0.3 is 14.2 Å². The van der Waals surface area contributed by atoms with E-state index in [1.165, 1.54) is 32.1 Å². The number of hydrogen-bond donors (Lipinski definition) is 0. The molecular formula is C58H90O6. The molecule has 6 nitrogen and oxygen atoms in total. The number of carbonyl (C=O) groups is 3. The highest BCUT2D eigenvalue weighted by Gasteiger charge is 2.19. The molecule has 0 bridgehead atoms. The second-order valence-electron chi connectivity index (χ2n) is 16.0. The molecule has 6 heteroatoms. The quantitative estimate of drug-likeness (QED) is 0.0263. The maximum absolute atomic E-state index is 12.8. The van der Waals surface area contributed by atoms with Crippen molar-refractivity contribution in [1.29, 1.82) is 0 Å². The van der Waals surface area contributed by atoms with Crippen molar-refractivity contribution < 1.29 is 28.6 Å². The average Bonchev–Trinajstić information content (AvgIpc) is 3.29. The van der Waals surface area contributed by atoms with Crippen LogP contribution in [0.5, 0.6) is 0 Å². The van der Waals surface area contributed by atoms with Crippen LogP contribution in [0.2, 0.25) is 0 Å². The lowest BCUT2D eigenvalue weighted by atomic mass is 10.1. The molecule has 0 fully saturated rings. The summed E-state index contributed by atoms with van der Waals surface area (Å²) in [4.78, 5) is 37.9. The third-order valence-electron chi connectivity index (χ3n) is 9.88. The molecular weight excluding hydrogens is 793 g/mol. The number of hydrogen-bond acceptors (Lipinski definition) is 6. The van der Waals surface area contributed by atoms with Crippen molar-refractivity contribution in [2.24, 2.45) is 0 Å². The Morgan fingerprint density at radius 1 is 0.328 bits per heavy atom. The van der Waals surface area contributed by atoms with Crippen LogP contribution in [-0.4, -0.2) is 37.2 Å². The van der Waals surface area contributed by atoms with Gasteiger partial charge in [0.1, 0.15) is 13.2 Å². The van der Waals surface area contributed by atoms with Gasteiger partial charge in [0.15, 0.2) is 6.10 Å². The zero-order chi connectivity index (χ0) is 46.5. The van der Waals surface area contributed by atoms with Gasteiger partial charge in [0.25, 0.3) is 0 Å². The topological polar surface area (TPSA) is 78.9 Å². The Balaban J connectivity index is 4.61. The summed E-state index contributed by atoms with van der Waals surface area (Å²) < 4.78 is 16.6. The third kappa shape index (κ3) is 48.6. The van der Waals surface area contributed by atoms with E-state index >= 15 is 0 Å². The van der Waals surface area contributed by atoms with Gasteiger partial charge in [-0.2, -0.15) is 0 Å². The summed E-state index contributed by atoms with van der Waals surface area (Å²) in [6, 6.07) is 0. The monoisotopic (exact) mass is 883 g/mol. The minimum Gasteiger partial charge on any atom is -0.462 e. The second kappa shape index (κ2) is 51.2. The number of carbonyl (C=O) groups excluding carboxylic acids is 3. The maximum Gasteiger partial charge on any atom is 0.306 e. The van der Waals surface area contributed by atoms with Gasteiger partial charge in [-0.3, -0.25) is 14.4 Å². The molecule has 0 aromatic carbocycles. The molecule has 0 aliphatic carbocycles. The van der Waals surface area contributed by atoms with E-state index in [1.807, 2.05) is 12.2 Å². The van der Waals surface area contributed by atoms with Crippen LogP contribution in [0.15, 0.2) is 134 Å². The number of rotatable bonds is 43. The first kappa shape index (κ1) is 59.5. The second-order valence-corrected chi connectivity index (χ2v) is 16.0. The van der Waals surface area contributed by atoms with Gasteiger partial charge in [0.2, 0.25) is 0 Å². The molecule has 0 saturated carbocycles. The molecule has 358 valence electrons. The van der Waals surface area contributed by atoms with Gasteiger partial charge in [-0.1, -0.05) is 193 Å². The average molecular weight is 883 g/mol. The number of unbranched alkanes of at least 4 members (excludes halogenated alkanes) is 10. The van der Waals surface area contributed by atoms with Crippen molar-refractivity contribution >= 4 is 17.9 Å². The highest BCUT2D eigenvalue weighted by Crippen LogP contribution is 2.11. The highest BCUT2D eigenvalue weighted by atomic mass is 16.6. The molecule has 64 heavy (non-hydrogen) atoms. The van der Waals surface area contributed by atoms with Crippen molar-refractivity contribution in [3.63, 3.8) is 0 Å². The zero-order valence-electron chi connectivity index (χ0n) is 40.7. The van der Waals surface area contributed by atoms with E-state index in [-0.39, 0.29) is 50.4 Å². The van der Waals surface area contributed by atoms with E-state index in [1.54, 1.807) is 0 Å². The number of ether oxygens (including phenoxy) is 3. The van der Waals surface area contributed by atoms with Crippen LogP contribution in [0.4, 0.5) is 0 Å². The van der Waals surface area contributed by atoms with Crippen LogP contribution in [0.3, 0.4) is 0 Å². The maximum atomic E-state index is 12.8. The Morgan fingerprint density at radius 2 is 0.656 bits per heavy atom. The molecule has 1 atom stereocenters. The minimum absolute atomic E-state index is 0.140. The lowest BCUT2D eigenvalue weighted by Crippen LogP contribution is -2.30. The largest absolute Gasteiger partial charge is 0.462 e. The van der Waals surface area contributed by atoms with Crippen LogP contribution in [0.1, 0.15) is 194 Å². The molecule has 0 aromatic heterocycles. The van der Waals surface area contributed by atoms with Crippen molar-refractivity contribution in [3.8, 4) is 0 Å². The van der Waals surface area contributed by atoms with E-state index < -0.39 is 6.10 Å². The van der Waals surface area contributed by atoms with Gasteiger partial charge >= 0.3 is 17.9 Å². The van der Waals surface area contributed by atoms with Crippen LogP contribution in [0.25, 0.3) is 0 Å². The summed E-state index contributed by atoms with van der Waals surface area (Å²) >= 11 is 0. The van der Waals surface area contributed by atoms with Gasteiger partial charge in [-0.25, -0.2) is 0 Å². The van der Waals surface area contributed by atoms with Gasteiger partial charge in [0, 0.05) is 19.3 Å². The van der Waals surface area contributed by atoms with Gasteiger partial charge in [-0.15, -0.1) is 0 Å². The van der Waals surface area contributed by atoms with Crippen molar-refractivity contribution in [1.82, 2.24) is 0 Å². The molecule has 0 saturated heterocycles. The minimum atomic E-state index is -0.841. The molecule has 0 heterocycles. The van der Waals surface area contributed by atoms with Gasteiger partial charge in [-0.05, 0) is 116 Å². The van der Waals surface area contributed by atoms with E-state index in [2.05, 4.69) is 142 Å². The van der Waals surface area contributed by atoms with E-state index in [0.717, 1.165) is 109 Å². The van der Waals surface area contributed by atoms with Crippen LogP contribution < -0.4 is 0 Å². The van der Waals surface area contributed by atoms with E-state index in [0.29, 0.717) is 12.8 Å². The standard InChI is InChI=1S/C58H90O6/c1-4-7-10-13-16-19-22-25-27-29-31-33-36-39-42-45-48-51-57(60)63-54-55(53-62-56(59)50-47-44-41-38-35-32-24-21-18-15-12-9-6-3)64-58(61)52-49-46-43-40-37-34-30-28-26-23-20-17-14-11-8-5-2/h7,9-10,12,16,18-21,23,25,27-28,30-33,35,39,41-42,44,55H,4-6,8,11,13-15,17,22,24,26,29,34,36-38,40,43,45-54H2,1-3H3/b10-7-,12-9-,19-16-,21-18-,23-20-,27-25-,30-28-,33-31-,35-32-,42-39-,44-41-. The number of allylic oxidation sites excluding steroid dienone is 22. The highest BCUT2D eigenvalue weighted by molar-refractivity contribution is 5.71. The predicted molar refractivity (Wildman–Crippen MR) is 274 cm³/mol. The molecule has 0 aliphatic rings. The first-order chi connectivity index (χ1) is 31.5. The molecule has 0 radical (unpaired) electrons. The molecule has 0 N–H and O–H groups in total. The smallest absolute Gasteiger partial charge is 0.306 e. The fraction of sp³-hybridized carbons (Fsp3) is 0.569. The van der Waals surface area contributed by atoms with Crippen LogP contribution in [-0.2, 0) is 28.6 Å². The first-order valence-electron chi connectivity index (χ1n) is 25.2. The summed E-state index contributed by atoms with van der Waals surface area (Å²) in [5.74, 6) is -1.10. The lowest BCUT2D eigenvalue weighted by Gasteiger charge is -2.18. The van der Waals surface area contributed by atoms with Crippen molar-refractivity contribution in [2.45, 2.75) is 200 Å². The SMILES string of the molecule is CC/C=C\C/C=C\C/C=C\C/C=C\C/C=C\CCCC(=O)OCC(COC(=O)CC/C=C\C/C=C\C/C=C\C/C=C\CC)OC(=O)CCCCCCC/C=C\C/C=C\CCCCCC. The van der Waals surface area contributed by atoms with Crippen LogP contribution in [0, 0.1) is 0 Å². The summed E-state index contributed by atoms with van der Waals surface area (Å²) in [5.41, 5.74) is 0. The normalized spacial score (nSPS) is 13.2. The van der Waals surface area contributed by atoms with Crippen molar-refractivity contribution in [2.75, 3.05) is 13.2 Å². The third-order valence-corrected chi connectivity index (χ3v) is 9.88. The van der Waals surface area contributed by atoms with Crippen molar-refractivity contribution in [3.05, 3.63) is 134 Å². The van der Waals surface area contributed by atoms with E-state index in [9.17, 15) is 14.4 Å². The Bertz CT molecular complexity index is 1430. The Labute approximate surface area is 392 Å². The zero-order valence-corrected chi connectivity index (χ0v) is 40.7.